The molecule has 0 heterocycles. The quantitative estimate of drug-likeness (QED) is 0.170. The highest BCUT2D eigenvalue weighted by Gasteiger charge is 2.10. The fourth-order valence-corrected chi connectivity index (χ4v) is 4.10. The van der Waals surface area contributed by atoms with Crippen molar-refractivity contribution in [3.63, 3.8) is 0 Å². The summed E-state index contributed by atoms with van der Waals surface area (Å²) in [4.78, 5) is 12.4. The molecule has 4 nitrogen and oxygen atoms in total. The molecule has 4 rings (SSSR count). The first-order valence-corrected chi connectivity index (χ1v) is 11.5. The van der Waals surface area contributed by atoms with Crippen LogP contribution in [0.3, 0.4) is 0 Å². The topological polar surface area (TPSA) is 62.1 Å². The second-order valence-corrected chi connectivity index (χ2v) is 8.66. The molecule has 0 saturated heterocycles. The van der Waals surface area contributed by atoms with Crippen molar-refractivity contribution >= 4 is 45.3 Å². The van der Waals surface area contributed by atoms with Gasteiger partial charge in [0.1, 0.15) is 24.0 Å². The van der Waals surface area contributed by atoms with Crippen molar-refractivity contribution in [1.29, 1.82) is 5.26 Å². The van der Waals surface area contributed by atoms with Gasteiger partial charge in [0.25, 0.3) is 5.91 Å². The Hall–Kier alpha value is -3.63. The van der Waals surface area contributed by atoms with Gasteiger partial charge >= 0.3 is 0 Å². The minimum Gasteiger partial charge on any atom is -0.488 e. The molecule has 33 heavy (non-hydrogen) atoms. The predicted octanol–water partition coefficient (Wildman–Crippen LogP) is 6.25. The molecule has 1 N–H and O–H groups in total. The lowest BCUT2D eigenvalue weighted by Gasteiger charge is -2.10. The molecule has 0 aromatic heterocycles. The van der Waals surface area contributed by atoms with Gasteiger partial charge in [-0.2, -0.15) is 5.26 Å². The largest absolute Gasteiger partial charge is 0.488 e. The zero-order valence-corrected chi connectivity index (χ0v) is 20.0. The first kappa shape index (κ1) is 22.6. The number of nitriles is 1. The maximum Gasteiger partial charge on any atom is 0.262 e. The second-order valence-electron chi connectivity index (χ2n) is 7.50. The van der Waals surface area contributed by atoms with E-state index < -0.39 is 5.91 Å². The molecule has 0 aliphatic heterocycles. The normalized spacial score (nSPS) is 11.1. The molecule has 0 atom stereocenters. The molecule has 4 aromatic rings. The third-order valence-corrected chi connectivity index (χ3v) is 5.98. The van der Waals surface area contributed by atoms with Gasteiger partial charge in [0, 0.05) is 6.54 Å². The minimum absolute atomic E-state index is 0.0616. The molecule has 0 fully saturated rings. The van der Waals surface area contributed by atoms with Crippen LogP contribution in [-0.4, -0.2) is 5.91 Å². The number of fused-ring (bicyclic) bond motifs is 1. The minimum atomic E-state index is -0.395. The van der Waals surface area contributed by atoms with Gasteiger partial charge in [-0.15, -0.1) is 0 Å². The van der Waals surface area contributed by atoms with E-state index in [0.29, 0.717) is 13.2 Å². The van der Waals surface area contributed by atoms with Crippen molar-refractivity contribution in [2.45, 2.75) is 13.2 Å². The molecule has 4 aromatic carbocycles. The van der Waals surface area contributed by atoms with E-state index >= 15 is 0 Å². The van der Waals surface area contributed by atoms with Crippen LogP contribution in [-0.2, 0) is 17.9 Å². The standard InChI is InChI=1S/C28H21IN2O2/c29-26-16-21(14-25(17-30)28(32)31-18-20-6-2-1-3-7-20)11-13-27(26)33-19-22-10-12-23-8-4-5-9-24(23)15-22/h1-16H,18-19H2,(H,31,32)/b25-14-. The molecule has 5 heteroatoms. The number of nitrogens with one attached hydrogen (secondary N) is 1. The average Bonchev–Trinajstić information content (AvgIpc) is 2.85. The van der Waals surface area contributed by atoms with Crippen LogP contribution in [0.15, 0.2) is 96.6 Å². The Kier molecular flexibility index (Phi) is 7.38. The molecule has 0 spiro atoms. The molecule has 162 valence electrons. The van der Waals surface area contributed by atoms with Gasteiger partial charge in [0.15, 0.2) is 0 Å². The summed E-state index contributed by atoms with van der Waals surface area (Å²) in [6.45, 7) is 0.832. The Labute approximate surface area is 206 Å². The summed E-state index contributed by atoms with van der Waals surface area (Å²) >= 11 is 2.21. The first-order valence-electron chi connectivity index (χ1n) is 10.5. The number of amides is 1. The number of halogens is 1. The summed E-state index contributed by atoms with van der Waals surface area (Å²) in [5, 5.41) is 14.6. The molecule has 1 amide bonds. The summed E-state index contributed by atoms with van der Waals surface area (Å²) in [6, 6.07) is 31.7. The van der Waals surface area contributed by atoms with Crippen molar-refractivity contribution < 1.29 is 9.53 Å². The highest BCUT2D eigenvalue weighted by molar-refractivity contribution is 14.1. The van der Waals surface area contributed by atoms with Crippen LogP contribution in [0.2, 0.25) is 0 Å². The Balaban J connectivity index is 1.41. The lowest BCUT2D eigenvalue weighted by Crippen LogP contribution is -2.23. The SMILES string of the molecule is N#C/C(=C/c1ccc(OCc2ccc3ccccc3c2)c(I)c1)C(=O)NCc1ccccc1. The van der Waals surface area contributed by atoms with Gasteiger partial charge in [-0.05, 0) is 74.3 Å². The van der Waals surface area contributed by atoms with E-state index in [-0.39, 0.29) is 5.57 Å². The second kappa shape index (κ2) is 10.8. The van der Waals surface area contributed by atoms with Crippen molar-refractivity contribution in [3.05, 3.63) is 117 Å². The van der Waals surface area contributed by atoms with Gasteiger partial charge in [-0.25, -0.2) is 0 Å². The Morgan fingerprint density at radius 1 is 0.909 bits per heavy atom. The van der Waals surface area contributed by atoms with Crippen molar-refractivity contribution in [2.24, 2.45) is 0 Å². The fraction of sp³-hybridized carbons (Fsp3) is 0.0714. The molecule has 0 aliphatic rings. The van der Waals surface area contributed by atoms with E-state index in [4.69, 9.17) is 4.74 Å². The van der Waals surface area contributed by atoms with Crippen LogP contribution >= 0.6 is 22.6 Å². The van der Waals surface area contributed by atoms with Crippen LogP contribution in [0.25, 0.3) is 16.8 Å². The van der Waals surface area contributed by atoms with Gasteiger partial charge in [-0.1, -0.05) is 72.8 Å². The van der Waals surface area contributed by atoms with E-state index in [1.165, 1.54) is 10.8 Å². The van der Waals surface area contributed by atoms with Crippen LogP contribution in [0.1, 0.15) is 16.7 Å². The maximum atomic E-state index is 12.4. The van der Waals surface area contributed by atoms with Gasteiger partial charge in [0.05, 0.1) is 3.57 Å². The van der Waals surface area contributed by atoms with Gasteiger partial charge in [0.2, 0.25) is 0 Å². The molecule has 0 saturated carbocycles. The summed E-state index contributed by atoms with van der Waals surface area (Å²) in [7, 11) is 0. The first-order chi connectivity index (χ1) is 16.1. The number of hydrogen-bond acceptors (Lipinski definition) is 3. The van der Waals surface area contributed by atoms with Crippen molar-refractivity contribution in [1.82, 2.24) is 5.32 Å². The maximum absolute atomic E-state index is 12.4. The van der Waals surface area contributed by atoms with E-state index in [9.17, 15) is 10.1 Å². The van der Waals surface area contributed by atoms with Crippen LogP contribution < -0.4 is 10.1 Å². The molecule has 0 unspecified atom stereocenters. The Bertz CT molecular complexity index is 1360. The number of ether oxygens (including phenoxy) is 1. The Morgan fingerprint density at radius 2 is 1.67 bits per heavy atom. The summed E-state index contributed by atoms with van der Waals surface area (Å²) in [5.74, 6) is 0.362. The zero-order valence-electron chi connectivity index (χ0n) is 17.8. The molecule has 0 bridgehead atoms. The number of nitrogens with zero attached hydrogens (tertiary/aromatic N) is 1. The number of benzene rings is 4. The number of carbonyl (C=O) groups excluding carboxylic acids is 1. The average molecular weight is 544 g/mol. The zero-order chi connectivity index (χ0) is 23.0. The smallest absolute Gasteiger partial charge is 0.262 e. The highest BCUT2D eigenvalue weighted by Crippen LogP contribution is 2.25. The molecular weight excluding hydrogens is 523 g/mol. The number of hydrogen-bond donors (Lipinski definition) is 1. The Morgan fingerprint density at radius 3 is 2.42 bits per heavy atom. The van der Waals surface area contributed by atoms with Gasteiger partial charge in [-0.3, -0.25) is 4.79 Å². The summed E-state index contributed by atoms with van der Waals surface area (Å²) < 4.78 is 6.93. The number of rotatable bonds is 7. The monoisotopic (exact) mass is 544 g/mol. The summed E-state index contributed by atoms with van der Waals surface area (Å²) in [5.41, 5.74) is 2.90. The van der Waals surface area contributed by atoms with E-state index in [1.54, 1.807) is 6.08 Å². The highest BCUT2D eigenvalue weighted by atomic mass is 127. The van der Waals surface area contributed by atoms with Crippen molar-refractivity contribution in [3.8, 4) is 11.8 Å². The van der Waals surface area contributed by atoms with Crippen LogP contribution in [0.5, 0.6) is 5.75 Å². The van der Waals surface area contributed by atoms with Crippen LogP contribution in [0, 0.1) is 14.9 Å². The van der Waals surface area contributed by atoms with Gasteiger partial charge < -0.3 is 10.1 Å². The third kappa shape index (κ3) is 5.99. The molecule has 0 radical (unpaired) electrons. The lowest BCUT2D eigenvalue weighted by molar-refractivity contribution is -0.117. The van der Waals surface area contributed by atoms with E-state index in [0.717, 1.165) is 26.0 Å². The third-order valence-electron chi connectivity index (χ3n) is 5.14. The van der Waals surface area contributed by atoms with Crippen molar-refractivity contribution in [2.75, 3.05) is 0 Å². The number of carbonyl (C=O) groups is 1. The predicted molar refractivity (Wildman–Crippen MR) is 139 cm³/mol. The van der Waals surface area contributed by atoms with E-state index in [1.807, 2.05) is 66.7 Å². The molecular formula is C28H21IN2O2. The molecule has 0 aliphatic carbocycles. The van der Waals surface area contributed by atoms with Crippen LogP contribution in [0.4, 0.5) is 0 Å². The lowest BCUT2D eigenvalue weighted by atomic mass is 10.1. The van der Waals surface area contributed by atoms with E-state index in [2.05, 4.69) is 58.2 Å². The fourth-order valence-electron chi connectivity index (χ4n) is 3.40. The summed E-state index contributed by atoms with van der Waals surface area (Å²) in [6.07, 6.45) is 1.59.